The molecule has 27 heavy (non-hydrogen) atoms. The van der Waals surface area contributed by atoms with Crippen LogP contribution >= 0.6 is 0 Å². The zero-order valence-electron chi connectivity index (χ0n) is 16.0. The maximum absolute atomic E-state index is 13.3. The summed E-state index contributed by atoms with van der Waals surface area (Å²) in [5, 5.41) is 6.39. The second-order valence-electron chi connectivity index (χ2n) is 7.33. The molecular weight excluding hydrogens is 344 g/mol. The van der Waals surface area contributed by atoms with Crippen LogP contribution in [-0.4, -0.2) is 74.5 Å². The number of amides is 3. The fourth-order valence-corrected chi connectivity index (χ4v) is 3.62. The number of nitrogens with zero attached hydrogens (tertiary/aromatic N) is 6. The monoisotopic (exact) mass is 367 g/mol. The van der Waals surface area contributed by atoms with E-state index in [4.69, 9.17) is 0 Å². The Balaban J connectivity index is 1.71. The first-order chi connectivity index (χ1) is 12.9. The number of aliphatic imine (C=N–C) groups is 1. The molecule has 0 spiro atoms. The third kappa shape index (κ3) is 2.72. The van der Waals surface area contributed by atoms with Gasteiger partial charge in [0.05, 0.1) is 18.3 Å². The number of amidine groups is 1. The van der Waals surface area contributed by atoms with Crippen molar-refractivity contribution in [2.75, 3.05) is 13.6 Å². The van der Waals surface area contributed by atoms with Gasteiger partial charge in [0.2, 0.25) is 11.9 Å². The average molecular weight is 367 g/mol. The first-order valence-electron chi connectivity index (χ1n) is 9.07. The molecule has 0 radical (unpaired) electrons. The van der Waals surface area contributed by atoms with Crippen LogP contribution in [0.15, 0.2) is 40.4 Å². The Morgan fingerprint density at radius 3 is 2.59 bits per heavy atom. The van der Waals surface area contributed by atoms with Gasteiger partial charge in [-0.1, -0.05) is 35.3 Å². The lowest BCUT2D eigenvalue weighted by Gasteiger charge is -2.34. The number of benzene rings is 1. The SMILES string of the molecule is CC1=NN(C(C)C)C2=[N+](C1)C1C(=O)N(Cc3ccccc3)C(=O)N(C)C1=N2. The molecule has 3 amide bonds. The van der Waals surface area contributed by atoms with Crippen LogP contribution in [0.25, 0.3) is 0 Å². The molecule has 0 aliphatic carbocycles. The van der Waals surface area contributed by atoms with E-state index in [9.17, 15) is 9.59 Å². The molecule has 0 aromatic heterocycles. The van der Waals surface area contributed by atoms with E-state index >= 15 is 0 Å². The van der Waals surface area contributed by atoms with E-state index in [1.54, 1.807) is 7.05 Å². The van der Waals surface area contributed by atoms with Crippen LogP contribution in [0.2, 0.25) is 0 Å². The molecule has 1 fully saturated rings. The van der Waals surface area contributed by atoms with Gasteiger partial charge in [-0.15, -0.1) is 10.1 Å². The van der Waals surface area contributed by atoms with E-state index in [1.807, 2.05) is 60.7 Å². The Morgan fingerprint density at radius 2 is 1.93 bits per heavy atom. The van der Waals surface area contributed by atoms with Gasteiger partial charge in [0.25, 0.3) is 5.91 Å². The number of hydrogen-bond acceptors (Lipinski definition) is 5. The molecule has 1 atom stereocenters. The fourth-order valence-electron chi connectivity index (χ4n) is 3.62. The zero-order valence-corrected chi connectivity index (χ0v) is 16.0. The van der Waals surface area contributed by atoms with Gasteiger partial charge in [-0.25, -0.2) is 9.37 Å². The van der Waals surface area contributed by atoms with Crippen molar-refractivity contribution in [1.82, 2.24) is 14.8 Å². The number of imide groups is 1. The van der Waals surface area contributed by atoms with Crippen molar-refractivity contribution in [3.05, 3.63) is 35.9 Å². The van der Waals surface area contributed by atoms with Gasteiger partial charge in [-0.3, -0.25) is 14.6 Å². The Labute approximate surface area is 158 Å². The predicted molar refractivity (Wildman–Crippen MR) is 102 cm³/mol. The highest BCUT2D eigenvalue weighted by Crippen LogP contribution is 2.24. The highest BCUT2D eigenvalue weighted by Gasteiger charge is 2.54. The Kier molecular flexibility index (Phi) is 4.05. The smallest absolute Gasteiger partial charge is 0.270 e. The first kappa shape index (κ1) is 17.4. The largest absolute Gasteiger partial charge is 0.416 e. The molecule has 8 nitrogen and oxygen atoms in total. The summed E-state index contributed by atoms with van der Waals surface area (Å²) in [5.41, 5.74) is 1.82. The van der Waals surface area contributed by atoms with Crippen molar-refractivity contribution < 1.29 is 14.2 Å². The first-order valence-corrected chi connectivity index (χ1v) is 9.07. The van der Waals surface area contributed by atoms with E-state index in [2.05, 4.69) is 10.1 Å². The van der Waals surface area contributed by atoms with Gasteiger partial charge >= 0.3 is 12.0 Å². The summed E-state index contributed by atoms with van der Waals surface area (Å²) in [6.45, 7) is 6.75. The van der Waals surface area contributed by atoms with E-state index < -0.39 is 6.04 Å². The Morgan fingerprint density at radius 1 is 1.22 bits per heavy atom. The van der Waals surface area contributed by atoms with Crippen LogP contribution in [0.1, 0.15) is 26.3 Å². The average Bonchev–Trinajstić information content (AvgIpc) is 3.03. The molecule has 1 aromatic carbocycles. The van der Waals surface area contributed by atoms with Crippen molar-refractivity contribution in [1.29, 1.82) is 0 Å². The summed E-state index contributed by atoms with van der Waals surface area (Å²) in [6, 6.07) is 8.68. The van der Waals surface area contributed by atoms with Crippen LogP contribution in [-0.2, 0) is 11.3 Å². The maximum atomic E-state index is 13.3. The number of rotatable bonds is 3. The van der Waals surface area contributed by atoms with Gasteiger partial charge in [-0.2, -0.15) is 0 Å². The molecule has 0 saturated carbocycles. The van der Waals surface area contributed by atoms with E-state index in [0.29, 0.717) is 18.3 Å². The van der Waals surface area contributed by atoms with Crippen LogP contribution in [0.3, 0.4) is 0 Å². The number of guanidine groups is 1. The molecule has 3 heterocycles. The van der Waals surface area contributed by atoms with Crippen LogP contribution in [0.5, 0.6) is 0 Å². The Hall–Kier alpha value is -3.03. The van der Waals surface area contributed by atoms with Crippen molar-refractivity contribution in [2.24, 2.45) is 10.1 Å². The van der Waals surface area contributed by atoms with E-state index in [1.165, 1.54) is 9.80 Å². The Bertz CT molecular complexity index is 902. The summed E-state index contributed by atoms with van der Waals surface area (Å²) in [4.78, 5) is 33.6. The number of carbonyl (C=O) groups is 2. The number of likely N-dealkylation sites (N-methyl/N-ethyl adjacent to an activating group) is 1. The minimum atomic E-state index is -0.599. The minimum Gasteiger partial charge on any atom is -0.270 e. The number of urea groups is 1. The van der Waals surface area contributed by atoms with Crippen molar-refractivity contribution in [3.8, 4) is 0 Å². The topological polar surface area (TPSA) is 71.6 Å². The number of hydrogen-bond donors (Lipinski definition) is 0. The van der Waals surface area contributed by atoms with Crippen LogP contribution in [0, 0.1) is 0 Å². The summed E-state index contributed by atoms with van der Waals surface area (Å²) in [6.07, 6.45) is 0. The lowest BCUT2D eigenvalue weighted by Crippen LogP contribution is -2.63. The van der Waals surface area contributed by atoms with Gasteiger partial charge in [0, 0.05) is 7.05 Å². The van der Waals surface area contributed by atoms with Crippen LogP contribution < -0.4 is 0 Å². The second-order valence-corrected chi connectivity index (χ2v) is 7.33. The normalized spacial score (nSPS) is 22.3. The van der Waals surface area contributed by atoms with Crippen molar-refractivity contribution >= 4 is 29.4 Å². The minimum absolute atomic E-state index is 0.0961. The van der Waals surface area contributed by atoms with Gasteiger partial charge in [-0.05, 0) is 26.3 Å². The van der Waals surface area contributed by atoms with Gasteiger partial charge in [0.1, 0.15) is 6.54 Å². The molecule has 8 heteroatoms. The third-order valence-corrected chi connectivity index (χ3v) is 4.94. The van der Waals surface area contributed by atoms with Gasteiger partial charge < -0.3 is 0 Å². The van der Waals surface area contributed by atoms with E-state index in [0.717, 1.165) is 11.3 Å². The molecule has 140 valence electrons. The summed E-state index contributed by atoms with van der Waals surface area (Å²) < 4.78 is 1.95. The zero-order chi connectivity index (χ0) is 19.3. The third-order valence-electron chi connectivity index (χ3n) is 4.94. The molecule has 3 aliphatic heterocycles. The highest BCUT2D eigenvalue weighted by molar-refractivity contribution is 6.23. The van der Waals surface area contributed by atoms with Gasteiger partial charge in [0.15, 0.2) is 0 Å². The molecular formula is C19H23N6O2+. The lowest BCUT2D eigenvalue weighted by molar-refractivity contribution is -0.528. The quantitative estimate of drug-likeness (QED) is 0.757. The highest BCUT2D eigenvalue weighted by atomic mass is 16.2. The van der Waals surface area contributed by atoms with Crippen molar-refractivity contribution in [2.45, 2.75) is 39.4 Å². The number of fused-ring (bicyclic) bond motifs is 2. The molecule has 0 bridgehead atoms. The molecule has 1 saturated heterocycles. The van der Waals surface area contributed by atoms with Crippen molar-refractivity contribution in [3.63, 3.8) is 0 Å². The molecule has 0 N–H and O–H groups in total. The summed E-state index contributed by atoms with van der Waals surface area (Å²) in [5.74, 6) is 0.860. The summed E-state index contributed by atoms with van der Waals surface area (Å²) >= 11 is 0. The molecule has 1 unspecified atom stereocenters. The standard InChI is InChI=1S/C19H23N6O2/c1-12(2)25-18-20-16-15(23(18)10-13(3)21-25)17(26)24(19(27)22(16)4)11-14-8-6-5-7-9-14/h5-9,12,15H,10-11H2,1-4H3/q+1. The van der Waals surface area contributed by atoms with Crippen LogP contribution in [0.4, 0.5) is 4.79 Å². The number of carbonyl (C=O) groups excluding carboxylic acids is 2. The second kappa shape index (κ2) is 6.29. The summed E-state index contributed by atoms with van der Waals surface area (Å²) in [7, 11) is 1.67. The lowest BCUT2D eigenvalue weighted by atomic mass is 10.1. The maximum Gasteiger partial charge on any atom is 0.416 e. The number of hydrazone groups is 1. The molecule has 1 aromatic rings. The fraction of sp³-hybridized carbons (Fsp3) is 0.421. The van der Waals surface area contributed by atoms with E-state index in [-0.39, 0.29) is 24.5 Å². The molecule has 3 aliphatic rings. The predicted octanol–water partition coefficient (Wildman–Crippen LogP) is 1.33. The molecule has 4 rings (SSSR count).